The first-order valence-corrected chi connectivity index (χ1v) is 16.5. The number of benzene rings is 7. The van der Waals surface area contributed by atoms with Crippen molar-refractivity contribution in [2.75, 3.05) is 0 Å². The van der Waals surface area contributed by atoms with Crippen molar-refractivity contribution in [3.05, 3.63) is 164 Å². The molecule has 238 valence electrons. The minimum atomic E-state index is -0.499. The highest BCUT2D eigenvalue weighted by molar-refractivity contribution is 6.23. The summed E-state index contributed by atoms with van der Waals surface area (Å²) in [7, 11) is 0. The van der Waals surface area contributed by atoms with Gasteiger partial charge in [-0.05, 0) is 36.4 Å². The van der Waals surface area contributed by atoms with Crippen molar-refractivity contribution in [2.24, 2.45) is 0 Å². The third kappa shape index (κ3) is 4.07. The molecule has 0 saturated heterocycles. The molecule has 0 N–H and O–H groups in total. The lowest BCUT2D eigenvalue weighted by Gasteiger charge is -2.13. The van der Waals surface area contributed by atoms with Gasteiger partial charge in [0.05, 0.1) is 31.7 Å². The van der Waals surface area contributed by atoms with Gasteiger partial charge in [0.25, 0.3) is 0 Å². The molecule has 51 heavy (non-hydrogen) atoms. The lowest BCUT2D eigenvalue weighted by Crippen LogP contribution is -2.07. The van der Waals surface area contributed by atoms with Gasteiger partial charge in [-0.1, -0.05) is 127 Å². The normalized spacial score (nSPS) is 13.8. The van der Waals surface area contributed by atoms with Crippen molar-refractivity contribution in [1.82, 2.24) is 24.1 Å². The van der Waals surface area contributed by atoms with Gasteiger partial charge in [0.2, 0.25) is 5.95 Å². The Morgan fingerprint density at radius 2 is 1.08 bits per heavy atom. The third-order valence-corrected chi connectivity index (χ3v) is 9.51. The van der Waals surface area contributed by atoms with Crippen LogP contribution in [-0.4, -0.2) is 24.1 Å². The Bertz CT molecular complexity index is 3540. The van der Waals surface area contributed by atoms with Gasteiger partial charge < -0.3 is 8.98 Å². The van der Waals surface area contributed by atoms with Crippen LogP contribution in [0.3, 0.4) is 0 Å². The van der Waals surface area contributed by atoms with Crippen LogP contribution in [0.25, 0.3) is 100.0 Å². The Labute approximate surface area is 301 Å². The van der Waals surface area contributed by atoms with E-state index in [0.717, 1.165) is 49.3 Å². The fourth-order valence-electron chi connectivity index (χ4n) is 7.37. The smallest absolute Gasteiger partial charge is 0.238 e. The Morgan fingerprint density at radius 3 is 1.84 bits per heavy atom. The molecule has 0 amide bonds. The van der Waals surface area contributed by atoms with Crippen LogP contribution in [0.4, 0.5) is 0 Å². The number of nitrogens with zero attached hydrogens (tertiary/aromatic N) is 5. The molecule has 6 nitrogen and oxygen atoms in total. The minimum Gasteiger partial charge on any atom is -0.456 e. The maximum Gasteiger partial charge on any atom is 0.238 e. The standard InChI is InChI=1S/C45H27N5O/c1-3-14-28(15-4-1)43-46-44(35-21-13-25-39-40(35)34-20-9-12-24-38(34)51-39)48-45(47-43)50-37-23-11-8-19-31(37)33-27-26-32-30-18-7-10-22-36(30)49(41(32)42(33)50)29-16-5-2-6-17-29/h1-27H/i9D,12D,13D,20D,21D,24D,25D. The number of fused-ring (bicyclic) bond motifs is 10. The molecule has 0 radical (unpaired) electrons. The maximum atomic E-state index is 9.31. The highest BCUT2D eigenvalue weighted by Crippen LogP contribution is 2.42. The molecule has 0 bridgehead atoms. The summed E-state index contributed by atoms with van der Waals surface area (Å²) in [4.78, 5) is 15.2. The monoisotopic (exact) mass is 660 g/mol. The lowest BCUT2D eigenvalue weighted by atomic mass is 10.1. The van der Waals surface area contributed by atoms with E-state index in [1.165, 1.54) is 0 Å². The van der Waals surface area contributed by atoms with Gasteiger partial charge in [-0.25, -0.2) is 4.98 Å². The SMILES string of the molecule is [2H]c1c([2H])c([2H])c2c(oc3c([2H])c([2H])c([2H])c(-c4nc(-c5ccccc5)nc(-n5c6ccccc6c6ccc7c8ccccc8n(-c8ccccc8)c7c65)n4)c32)c1[2H]. The molecule has 0 spiro atoms. The van der Waals surface area contributed by atoms with E-state index in [1.807, 2.05) is 83.4 Å². The lowest BCUT2D eigenvalue weighted by molar-refractivity contribution is 0.669. The van der Waals surface area contributed by atoms with Crippen LogP contribution in [0.15, 0.2) is 168 Å². The van der Waals surface area contributed by atoms with Crippen LogP contribution < -0.4 is 0 Å². The van der Waals surface area contributed by atoms with Crippen molar-refractivity contribution in [1.29, 1.82) is 0 Å². The average molecular weight is 661 g/mol. The van der Waals surface area contributed by atoms with Crippen molar-refractivity contribution >= 4 is 65.6 Å². The quantitative estimate of drug-likeness (QED) is 0.188. The largest absolute Gasteiger partial charge is 0.456 e. The number of aromatic nitrogens is 5. The second kappa shape index (κ2) is 10.7. The van der Waals surface area contributed by atoms with Gasteiger partial charge in [0.15, 0.2) is 11.6 Å². The summed E-state index contributed by atoms with van der Waals surface area (Å²) in [5.74, 6) is 0.464. The molecule has 4 aromatic heterocycles. The molecule has 4 heterocycles. The Hall–Kier alpha value is -7.05. The van der Waals surface area contributed by atoms with E-state index >= 15 is 0 Å². The van der Waals surface area contributed by atoms with Gasteiger partial charge in [-0.2, -0.15) is 9.97 Å². The van der Waals surface area contributed by atoms with Gasteiger partial charge in [-0.15, -0.1) is 0 Å². The zero-order valence-electron chi connectivity index (χ0n) is 33.7. The number of para-hydroxylation sites is 4. The van der Waals surface area contributed by atoms with Crippen LogP contribution in [0.5, 0.6) is 0 Å². The molecule has 0 fully saturated rings. The van der Waals surface area contributed by atoms with Gasteiger partial charge in [-0.3, -0.25) is 4.57 Å². The summed E-state index contributed by atoms with van der Waals surface area (Å²) < 4.78 is 71.7. The fraction of sp³-hybridized carbons (Fsp3) is 0. The Balaban J connectivity index is 1.34. The van der Waals surface area contributed by atoms with E-state index in [9.17, 15) is 1.37 Å². The molecule has 0 atom stereocenters. The zero-order chi connectivity index (χ0) is 39.6. The van der Waals surface area contributed by atoms with Gasteiger partial charge >= 0.3 is 0 Å². The molecule has 0 saturated carbocycles. The molecular weight excluding hydrogens is 627 g/mol. The number of hydrogen-bond acceptors (Lipinski definition) is 4. The first kappa shape index (κ1) is 21.8. The van der Waals surface area contributed by atoms with Crippen molar-refractivity contribution < 1.29 is 14.0 Å². The second-order valence-electron chi connectivity index (χ2n) is 12.3. The van der Waals surface area contributed by atoms with E-state index in [4.69, 9.17) is 27.6 Å². The molecule has 0 unspecified atom stereocenters. The number of rotatable bonds is 4. The molecule has 0 aliphatic carbocycles. The molecular formula is C45H27N5O. The van der Waals surface area contributed by atoms with Crippen molar-refractivity contribution in [3.8, 4) is 34.4 Å². The molecule has 0 aliphatic heterocycles. The summed E-state index contributed by atoms with van der Waals surface area (Å²) in [5, 5.41) is 4.04. The molecule has 6 heteroatoms. The summed E-state index contributed by atoms with van der Waals surface area (Å²) in [6.07, 6.45) is 0. The molecule has 7 aromatic carbocycles. The van der Waals surface area contributed by atoms with E-state index < -0.39 is 42.3 Å². The summed E-state index contributed by atoms with van der Waals surface area (Å²) in [6.45, 7) is 0. The van der Waals surface area contributed by atoms with Gasteiger partial charge in [0.1, 0.15) is 11.2 Å². The third-order valence-electron chi connectivity index (χ3n) is 9.51. The predicted molar refractivity (Wildman–Crippen MR) is 207 cm³/mol. The molecule has 11 aromatic rings. The average Bonchev–Trinajstić information content (AvgIpc) is 3.93. The maximum absolute atomic E-state index is 9.31. The van der Waals surface area contributed by atoms with Crippen molar-refractivity contribution in [2.45, 2.75) is 0 Å². The van der Waals surface area contributed by atoms with Crippen LogP contribution in [0.2, 0.25) is 0 Å². The van der Waals surface area contributed by atoms with Crippen LogP contribution in [0, 0.1) is 0 Å². The van der Waals surface area contributed by atoms with Crippen molar-refractivity contribution in [3.63, 3.8) is 0 Å². The highest BCUT2D eigenvalue weighted by atomic mass is 16.3. The number of furan rings is 1. The van der Waals surface area contributed by atoms with E-state index in [2.05, 4.69) is 47.0 Å². The van der Waals surface area contributed by atoms with E-state index in [0.29, 0.717) is 5.56 Å². The van der Waals surface area contributed by atoms with Crippen LogP contribution in [0.1, 0.15) is 9.60 Å². The summed E-state index contributed by atoms with van der Waals surface area (Å²) in [6, 6.07) is 37.0. The van der Waals surface area contributed by atoms with Crippen LogP contribution in [-0.2, 0) is 0 Å². The molecule has 0 aliphatic rings. The first-order chi connectivity index (χ1) is 28.2. The predicted octanol–water partition coefficient (Wildman–Crippen LogP) is 11.3. The Morgan fingerprint density at radius 1 is 0.471 bits per heavy atom. The number of hydrogen-bond donors (Lipinski definition) is 0. The molecule has 11 rings (SSSR count). The summed E-state index contributed by atoms with van der Waals surface area (Å²) in [5.41, 5.74) is 4.86. The van der Waals surface area contributed by atoms with Gasteiger partial charge in [0, 0.05) is 49.1 Å². The Kier molecular flexibility index (Phi) is 4.59. The highest BCUT2D eigenvalue weighted by Gasteiger charge is 2.24. The second-order valence-corrected chi connectivity index (χ2v) is 12.3. The van der Waals surface area contributed by atoms with Crippen LogP contribution >= 0.6 is 0 Å². The first-order valence-electron chi connectivity index (χ1n) is 20.0. The topological polar surface area (TPSA) is 61.7 Å². The zero-order valence-corrected chi connectivity index (χ0v) is 26.7. The fourth-order valence-corrected chi connectivity index (χ4v) is 7.37. The minimum absolute atomic E-state index is 0.00933. The van der Waals surface area contributed by atoms with E-state index in [1.54, 1.807) is 0 Å². The summed E-state index contributed by atoms with van der Waals surface area (Å²) >= 11 is 0. The van der Waals surface area contributed by atoms with E-state index in [-0.39, 0.29) is 45.1 Å².